The Labute approximate surface area is 149 Å². The summed E-state index contributed by atoms with van der Waals surface area (Å²) in [5.41, 5.74) is 0.589. The molecule has 0 bridgehead atoms. The zero-order chi connectivity index (χ0) is 18.0. The van der Waals surface area contributed by atoms with Gasteiger partial charge < -0.3 is 14.9 Å². The highest BCUT2D eigenvalue weighted by atomic mass is 35.5. The van der Waals surface area contributed by atoms with Gasteiger partial charge in [0.2, 0.25) is 11.8 Å². The molecule has 2 amide bonds. The first-order valence-corrected chi connectivity index (χ1v) is 8.22. The SMILES string of the molecule is CC(CN(C)C(=O)C1CCN(c2ccc(Cl)c(Cl)c2)C1=O)C(=O)O. The third kappa shape index (κ3) is 3.82. The number of nitrogens with zero attached hydrogens (tertiary/aromatic N) is 2. The number of anilines is 1. The van der Waals surface area contributed by atoms with Crippen LogP contribution in [-0.2, 0) is 14.4 Å². The number of rotatable bonds is 5. The molecule has 24 heavy (non-hydrogen) atoms. The van der Waals surface area contributed by atoms with Crippen LogP contribution in [0.5, 0.6) is 0 Å². The topological polar surface area (TPSA) is 77.9 Å². The highest BCUT2D eigenvalue weighted by Crippen LogP contribution is 2.31. The summed E-state index contributed by atoms with van der Waals surface area (Å²) in [7, 11) is 1.51. The van der Waals surface area contributed by atoms with Crippen LogP contribution in [0.2, 0.25) is 10.0 Å². The number of carboxylic acid groups (broad SMARTS) is 1. The van der Waals surface area contributed by atoms with Crippen molar-refractivity contribution in [3.8, 4) is 0 Å². The molecule has 1 heterocycles. The molecule has 2 rings (SSSR count). The number of halogens is 2. The molecule has 0 saturated carbocycles. The van der Waals surface area contributed by atoms with E-state index in [1.165, 1.54) is 23.8 Å². The summed E-state index contributed by atoms with van der Waals surface area (Å²) in [5.74, 6) is -3.15. The van der Waals surface area contributed by atoms with Crippen molar-refractivity contribution >= 4 is 46.7 Å². The van der Waals surface area contributed by atoms with Gasteiger partial charge in [0, 0.05) is 25.8 Å². The maximum atomic E-state index is 12.6. The first-order valence-electron chi connectivity index (χ1n) is 7.46. The van der Waals surface area contributed by atoms with Gasteiger partial charge in [-0.15, -0.1) is 0 Å². The highest BCUT2D eigenvalue weighted by molar-refractivity contribution is 6.42. The summed E-state index contributed by atoms with van der Waals surface area (Å²) >= 11 is 11.8. The molecular formula is C16H18Cl2N2O4. The maximum Gasteiger partial charge on any atom is 0.308 e. The number of amides is 2. The van der Waals surface area contributed by atoms with Gasteiger partial charge in [0.15, 0.2) is 0 Å². The lowest BCUT2D eigenvalue weighted by atomic mass is 10.1. The van der Waals surface area contributed by atoms with Crippen LogP contribution in [0.15, 0.2) is 18.2 Å². The van der Waals surface area contributed by atoms with Crippen LogP contribution in [-0.4, -0.2) is 47.9 Å². The normalized spacial score (nSPS) is 18.6. The molecule has 1 aromatic rings. The van der Waals surface area contributed by atoms with Crippen molar-refractivity contribution in [1.82, 2.24) is 4.90 Å². The molecule has 1 N–H and O–H groups in total. The van der Waals surface area contributed by atoms with E-state index in [9.17, 15) is 14.4 Å². The van der Waals surface area contributed by atoms with Gasteiger partial charge in [-0.3, -0.25) is 14.4 Å². The second kappa shape index (κ2) is 7.40. The number of hydrogen-bond donors (Lipinski definition) is 1. The molecule has 0 aliphatic carbocycles. The first kappa shape index (κ1) is 18.5. The van der Waals surface area contributed by atoms with Crippen LogP contribution in [0.1, 0.15) is 13.3 Å². The average molecular weight is 373 g/mol. The van der Waals surface area contributed by atoms with E-state index in [1.807, 2.05) is 0 Å². The minimum Gasteiger partial charge on any atom is -0.481 e. The van der Waals surface area contributed by atoms with Gasteiger partial charge >= 0.3 is 5.97 Å². The Balaban J connectivity index is 2.08. The van der Waals surface area contributed by atoms with Gasteiger partial charge in [0.1, 0.15) is 5.92 Å². The highest BCUT2D eigenvalue weighted by Gasteiger charge is 2.39. The molecule has 2 atom stereocenters. The Hall–Kier alpha value is -1.79. The lowest BCUT2D eigenvalue weighted by Gasteiger charge is -2.22. The number of benzene rings is 1. The number of aliphatic carboxylic acids is 1. The Bertz CT molecular complexity index is 680. The van der Waals surface area contributed by atoms with E-state index in [4.69, 9.17) is 28.3 Å². The lowest BCUT2D eigenvalue weighted by Crippen LogP contribution is -2.40. The van der Waals surface area contributed by atoms with Crippen molar-refractivity contribution in [2.45, 2.75) is 13.3 Å². The van der Waals surface area contributed by atoms with Gasteiger partial charge in [-0.05, 0) is 24.6 Å². The summed E-state index contributed by atoms with van der Waals surface area (Å²) < 4.78 is 0. The predicted octanol–water partition coefficient (Wildman–Crippen LogP) is 2.53. The molecule has 1 aromatic carbocycles. The van der Waals surface area contributed by atoms with Crippen LogP contribution >= 0.6 is 23.2 Å². The molecule has 130 valence electrons. The third-order valence-corrected chi connectivity index (χ3v) is 4.80. The molecule has 1 aliphatic heterocycles. The largest absolute Gasteiger partial charge is 0.481 e. The monoisotopic (exact) mass is 372 g/mol. The van der Waals surface area contributed by atoms with E-state index in [2.05, 4.69) is 0 Å². The molecular weight excluding hydrogens is 355 g/mol. The molecule has 6 nitrogen and oxygen atoms in total. The number of hydrogen-bond acceptors (Lipinski definition) is 3. The lowest BCUT2D eigenvalue weighted by molar-refractivity contribution is -0.143. The van der Waals surface area contributed by atoms with E-state index in [-0.39, 0.29) is 18.4 Å². The van der Waals surface area contributed by atoms with Crippen molar-refractivity contribution < 1.29 is 19.5 Å². The summed E-state index contributed by atoms with van der Waals surface area (Å²) in [6, 6.07) is 4.86. The molecule has 2 unspecified atom stereocenters. The minimum absolute atomic E-state index is 0.0602. The van der Waals surface area contributed by atoms with E-state index in [0.29, 0.717) is 28.7 Å². The Morgan fingerprint density at radius 1 is 1.38 bits per heavy atom. The molecule has 8 heteroatoms. The summed E-state index contributed by atoms with van der Waals surface area (Å²) in [6.07, 6.45) is 0.379. The number of carbonyl (C=O) groups excluding carboxylic acids is 2. The number of carbonyl (C=O) groups is 3. The van der Waals surface area contributed by atoms with Gasteiger partial charge in [-0.25, -0.2) is 0 Å². The van der Waals surface area contributed by atoms with E-state index in [0.717, 1.165) is 0 Å². The summed E-state index contributed by atoms with van der Waals surface area (Å²) in [6.45, 7) is 1.98. The Kier molecular flexibility index (Phi) is 5.72. The number of carboxylic acids is 1. The van der Waals surface area contributed by atoms with Crippen LogP contribution in [0.3, 0.4) is 0 Å². The molecule has 1 fully saturated rings. The minimum atomic E-state index is -0.982. The second-order valence-electron chi connectivity index (χ2n) is 5.89. The fourth-order valence-corrected chi connectivity index (χ4v) is 2.96. The Morgan fingerprint density at radius 2 is 2.04 bits per heavy atom. The molecule has 0 aromatic heterocycles. The molecule has 0 spiro atoms. The fourth-order valence-electron chi connectivity index (χ4n) is 2.66. The van der Waals surface area contributed by atoms with Crippen LogP contribution < -0.4 is 4.90 Å². The van der Waals surface area contributed by atoms with Crippen molar-refractivity contribution in [3.63, 3.8) is 0 Å². The standard InChI is InChI=1S/C16H18Cl2N2O4/c1-9(16(23)24)8-19(2)14(21)11-5-6-20(15(11)22)10-3-4-12(17)13(18)7-10/h3-4,7,9,11H,5-6,8H2,1-2H3,(H,23,24). The molecule has 1 aliphatic rings. The van der Waals surface area contributed by atoms with Gasteiger partial charge in [0.05, 0.1) is 16.0 Å². The van der Waals surface area contributed by atoms with Crippen LogP contribution in [0.4, 0.5) is 5.69 Å². The maximum absolute atomic E-state index is 12.6. The average Bonchev–Trinajstić information content (AvgIpc) is 2.90. The summed E-state index contributed by atoms with van der Waals surface area (Å²) in [5, 5.41) is 9.66. The van der Waals surface area contributed by atoms with Crippen molar-refractivity contribution in [2.75, 3.05) is 25.0 Å². The predicted molar refractivity (Wildman–Crippen MR) is 91.4 cm³/mol. The zero-order valence-electron chi connectivity index (χ0n) is 13.3. The fraction of sp³-hybridized carbons (Fsp3) is 0.438. The smallest absolute Gasteiger partial charge is 0.308 e. The Morgan fingerprint density at radius 3 is 2.62 bits per heavy atom. The summed E-state index contributed by atoms with van der Waals surface area (Å²) in [4.78, 5) is 38.7. The van der Waals surface area contributed by atoms with Gasteiger partial charge in [-0.2, -0.15) is 0 Å². The van der Waals surface area contributed by atoms with E-state index >= 15 is 0 Å². The van der Waals surface area contributed by atoms with E-state index in [1.54, 1.807) is 18.2 Å². The molecule has 1 saturated heterocycles. The second-order valence-corrected chi connectivity index (χ2v) is 6.70. The van der Waals surface area contributed by atoms with Crippen molar-refractivity contribution in [3.05, 3.63) is 28.2 Å². The zero-order valence-corrected chi connectivity index (χ0v) is 14.8. The van der Waals surface area contributed by atoms with Gasteiger partial charge in [0.25, 0.3) is 0 Å². The van der Waals surface area contributed by atoms with Crippen molar-refractivity contribution in [1.29, 1.82) is 0 Å². The van der Waals surface area contributed by atoms with Crippen LogP contribution in [0, 0.1) is 11.8 Å². The van der Waals surface area contributed by atoms with E-state index < -0.39 is 17.8 Å². The molecule has 0 radical (unpaired) electrons. The van der Waals surface area contributed by atoms with Crippen LogP contribution in [0.25, 0.3) is 0 Å². The quantitative estimate of drug-likeness (QED) is 0.805. The van der Waals surface area contributed by atoms with Crippen molar-refractivity contribution in [2.24, 2.45) is 11.8 Å². The first-order chi connectivity index (χ1) is 11.2. The third-order valence-electron chi connectivity index (χ3n) is 4.06. The van der Waals surface area contributed by atoms with Gasteiger partial charge in [-0.1, -0.05) is 30.1 Å².